The molecule has 6 heteroatoms. The zero-order chi connectivity index (χ0) is 16.1. The van der Waals surface area contributed by atoms with Crippen LogP contribution in [0.15, 0.2) is 4.79 Å². The third-order valence-electron chi connectivity index (χ3n) is 4.43. The fraction of sp³-hybridized carbons (Fsp3) is 0.688. The van der Waals surface area contributed by atoms with Gasteiger partial charge in [0, 0.05) is 31.0 Å². The fourth-order valence-electron chi connectivity index (χ4n) is 3.10. The number of aromatic amines is 1. The molecular weight excluding hydrogens is 282 g/mol. The predicted molar refractivity (Wildman–Crippen MR) is 83.8 cm³/mol. The number of amides is 1. The maximum Gasteiger partial charge on any atom is 0.345 e. The van der Waals surface area contributed by atoms with Crippen LogP contribution in [0.4, 0.5) is 0 Å². The van der Waals surface area contributed by atoms with Gasteiger partial charge in [0.05, 0.1) is 6.10 Å². The van der Waals surface area contributed by atoms with E-state index in [0.29, 0.717) is 24.6 Å². The van der Waals surface area contributed by atoms with Gasteiger partial charge in [-0.2, -0.15) is 4.98 Å². The van der Waals surface area contributed by atoms with Gasteiger partial charge in [-0.1, -0.05) is 0 Å². The van der Waals surface area contributed by atoms with E-state index in [2.05, 4.69) is 15.3 Å². The van der Waals surface area contributed by atoms with Crippen molar-refractivity contribution in [1.29, 1.82) is 0 Å². The summed E-state index contributed by atoms with van der Waals surface area (Å²) in [6.45, 7) is 3.65. The Morgan fingerprint density at radius 3 is 2.59 bits per heavy atom. The van der Waals surface area contributed by atoms with Crippen LogP contribution < -0.4 is 11.0 Å². The lowest BCUT2D eigenvalue weighted by molar-refractivity contribution is -0.122. The second-order valence-electron chi connectivity index (χ2n) is 6.01. The van der Waals surface area contributed by atoms with Gasteiger partial charge in [0.1, 0.15) is 0 Å². The molecule has 1 aromatic rings. The van der Waals surface area contributed by atoms with Crippen LogP contribution in [0, 0.1) is 13.8 Å². The summed E-state index contributed by atoms with van der Waals surface area (Å²) in [7, 11) is 1.74. The summed E-state index contributed by atoms with van der Waals surface area (Å²) in [5, 5.41) is 3.10. The molecule has 6 nitrogen and oxygen atoms in total. The van der Waals surface area contributed by atoms with Crippen molar-refractivity contribution in [2.75, 3.05) is 7.11 Å². The second kappa shape index (κ2) is 7.54. The number of carbonyl (C=O) groups excluding carboxylic acids is 1. The number of rotatable bonds is 5. The molecule has 0 spiro atoms. The van der Waals surface area contributed by atoms with E-state index in [-0.39, 0.29) is 17.6 Å². The van der Waals surface area contributed by atoms with Crippen molar-refractivity contribution in [3.63, 3.8) is 0 Å². The van der Waals surface area contributed by atoms with Gasteiger partial charge in [0.15, 0.2) is 0 Å². The van der Waals surface area contributed by atoms with Gasteiger partial charge in [0.25, 0.3) is 0 Å². The van der Waals surface area contributed by atoms with Crippen molar-refractivity contribution in [2.24, 2.45) is 0 Å². The van der Waals surface area contributed by atoms with Gasteiger partial charge in [0.2, 0.25) is 5.91 Å². The molecule has 22 heavy (non-hydrogen) atoms. The number of hydrogen-bond donors (Lipinski definition) is 2. The number of methoxy groups -OCH3 is 1. The summed E-state index contributed by atoms with van der Waals surface area (Å²) < 4.78 is 5.34. The highest BCUT2D eigenvalue weighted by atomic mass is 16.5. The number of hydrogen-bond acceptors (Lipinski definition) is 4. The number of aromatic nitrogens is 2. The van der Waals surface area contributed by atoms with E-state index in [9.17, 15) is 9.59 Å². The summed E-state index contributed by atoms with van der Waals surface area (Å²) in [5.41, 5.74) is 2.12. The Morgan fingerprint density at radius 2 is 2.00 bits per heavy atom. The normalized spacial score (nSPS) is 21.6. The highest BCUT2D eigenvalue weighted by Gasteiger charge is 2.22. The molecule has 0 radical (unpaired) electrons. The van der Waals surface area contributed by atoms with Crippen molar-refractivity contribution in [1.82, 2.24) is 15.3 Å². The molecule has 0 aromatic carbocycles. The van der Waals surface area contributed by atoms with Gasteiger partial charge in [-0.3, -0.25) is 4.79 Å². The predicted octanol–water partition coefficient (Wildman–Crippen LogP) is 1.39. The molecule has 0 aliphatic heterocycles. The quantitative estimate of drug-likeness (QED) is 0.861. The molecule has 1 fully saturated rings. The number of carbonyl (C=O) groups is 1. The molecule has 1 aliphatic rings. The number of nitrogens with zero attached hydrogens (tertiary/aromatic N) is 1. The number of aryl methyl sites for hydroxylation is 2. The molecule has 122 valence electrons. The van der Waals surface area contributed by atoms with Crippen molar-refractivity contribution < 1.29 is 9.53 Å². The zero-order valence-electron chi connectivity index (χ0n) is 13.6. The molecular formula is C16H25N3O3. The lowest BCUT2D eigenvalue weighted by Gasteiger charge is -2.28. The van der Waals surface area contributed by atoms with Gasteiger partial charge in [-0.05, 0) is 51.5 Å². The van der Waals surface area contributed by atoms with Crippen molar-refractivity contribution >= 4 is 5.91 Å². The summed E-state index contributed by atoms with van der Waals surface area (Å²) in [5.74, 6) is 0.0610. The van der Waals surface area contributed by atoms with Gasteiger partial charge >= 0.3 is 5.69 Å². The average molecular weight is 307 g/mol. The van der Waals surface area contributed by atoms with Crippen LogP contribution in [-0.2, 0) is 16.0 Å². The van der Waals surface area contributed by atoms with Gasteiger partial charge in [-0.25, -0.2) is 4.79 Å². The molecule has 1 amide bonds. The molecule has 0 bridgehead atoms. The molecule has 0 unspecified atom stereocenters. The molecule has 2 rings (SSSR count). The van der Waals surface area contributed by atoms with Crippen molar-refractivity contribution in [3.05, 3.63) is 27.4 Å². The van der Waals surface area contributed by atoms with Crippen molar-refractivity contribution in [2.45, 2.75) is 64.5 Å². The van der Waals surface area contributed by atoms with Crippen LogP contribution in [0.2, 0.25) is 0 Å². The third kappa shape index (κ3) is 4.40. The fourth-order valence-corrected chi connectivity index (χ4v) is 3.10. The van der Waals surface area contributed by atoms with E-state index in [1.54, 1.807) is 7.11 Å². The van der Waals surface area contributed by atoms with Crippen molar-refractivity contribution in [3.8, 4) is 0 Å². The highest BCUT2D eigenvalue weighted by molar-refractivity contribution is 5.76. The first-order chi connectivity index (χ1) is 10.5. The van der Waals surface area contributed by atoms with E-state index in [1.165, 1.54) is 0 Å². The molecule has 1 saturated carbocycles. The highest BCUT2D eigenvalue weighted by Crippen LogP contribution is 2.20. The lowest BCUT2D eigenvalue weighted by Crippen LogP contribution is -2.39. The Hall–Kier alpha value is -1.69. The Balaban J connectivity index is 1.82. The Kier molecular flexibility index (Phi) is 5.71. The standard InChI is InChI=1S/C16H25N3O3/c1-10-14(11(2)18-16(21)17-10)8-9-15(20)19-12-4-6-13(22-3)7-5-12/h12-13H,4-9H2,1-3H3,(H,19,20)(H,17,18,21). The number of ether oxygens (including phenoxy) is 1. The number of nitrogens with one attached hydrogen (secondary N) is 2. The van der Waals surface area contributed by atoms with Gasteiger partial charge < -0.3 is 15.0 Å². The summed E-state index contributed by atoms with van der Waals surface area (Å²) in [6, 6.07) is 0.259. The van der Waals surface area contributed by atoms with E-state index in [4.69, 9.17) is 4.74 Å². The summed E-state index contributed by atoms with van der Waals surface area (Å²) >= 11 is 0. The smallest absolute Gasteiger partial charge is 0.345 e. The van der Waals surface area contributed by atoms with Crippen LogP contribution >= 0.6 is 0 Å². The minimum atomic E-state index is -0.335. The van der Waals surface area contributed by atoms with Crippen LogP contribution in [-0.4, -0.2) is 35.1 Å². The monoisotopic (exact) mass is 307 g/mol. The van der Waals surface area contributed by atoms with Crippen LogP contribution in [0.5, 0.6) is 0 Å². The maximum absolute atomic E-state index is 12.1. The first-order valence-corrected chi connectivity index (χ1v) is 7.88. The Bertz CT molecular complexity index is 548. The maximum atomic E-state index is 12.1. The first-order valence-electron chi connectivity index (χ1n) is 7.88. The zero-order valence-corrected chi connectivity index (χ0v) is 13.6. The Labute approximate surface area is 130 Å². The largest absolute Gasteiger partial charge is 0.381 e. The van der Waals surface area contributed by atoms with E-state index in [0.717, 1.165) is 36.9 Å². The minimum absolute atomic E-state index is 0.0610. The third-order valence-corrected chi connectivity index (χ3v) is 4.43. The summed E-state index contributed by atoms with van der Waals surface area (Å²) in [4.78, 5) is 29.9. The molecule has 2 N–H and O–H groups in total. The topological polar surface area (TPSA) is 84.1 Å². The summed E-state index contributed by atoms with van der Waals surface area (Å²) in [6.07, 6.45) is 5.31. The van der Waals surface area contributed by atoms with Crippen LogP contribution in [0.3, 0.4) is 0 Å². The van der Waals surface area contributed by atoms with Crippen LogP contribution in [0.25, 0.3) is 0 Å². The van der Waals surface area contributed by atoms with E-state index >= 15 is 0 Å². The molecule has 0 atom stereocenters. The molecule has 1 aromatic heterocycles. The van der Waals surface area contributed by atoms with E-state index in [1.807, 2.05) is 13.8 Å². The molecule has 1 aliphatic carbocycles. The lowest BCUT2D eigenvalue weighted by atomic mass is 9.93. The second-order valence-corrected chi connectivity index (χ2v) is 6.01. The van der Waals surface area contributed by atoms with E-state index < -0.39 is 0 Å². The molecule has 0 saturated heterocycles. The van der Waals surface area contributed by atoms with Crippen LogP contribution in [0.1, 0.15) is 49.1 Å². The minimum Gasteiger partial charge on any atom is -0.381 e. The molecule has 1 heterocycles. The van der Waals surface area contributed by atoms with Gasteiger partial charge in [-0.15, -0.1) is 0 Å². The SMILES string of the molecule is COC1CCC(NC(=O)CCc2c(C)nc(=O)[nH]c2C)CC1. The average Bonchev–Trinajstić information content (AvgIpc) is 2.47. The Morgan fingerprint density at radius 1 is 1.32 bits per heavy atom. The number of H-pyrrole nitrogens is 1. The first kappa shape index (κ1) is 16.7.